The van der Waals surface area contributed by atoms with Crippen LogP contribution in [0.1, 0.15) is 53.4 Å². The molecule has 25 heavy (non-hydrogen) atoms. The Morgan fingerprint density at radius 2 is 1.80 bits per heavy atom. The van der Waals surface area contributed by atoms with Crippen LogP contribution in [0.4, 0.5) is 4.79 Å². The number of hydrogen-bond acceptors (Lipinski definition) is 4. The van der Waals surface area contributed by atoms with Crippen molar-refractivity contribution in [3.8, 4) is 0 Å². The van der Waals surface area contributed by atoms with E-state index in [0.29, 0.717) is 12.6 Å². The van der Waals surface area contributed by atoms with Gasteiger partial charge in [0, 0.05) is 32.7 Å². The largest absolute Gasteiger partial charge is 0.444 e. The smallest absolute Gasteiger partial charge is 0.407 e. The number of ether oxygens (including phenoxy) is 1. The lowest BCUT2D eigenvalue weighted by Gasteiger charge is -2.27. The molecule has 0 aromatic carbocycles. The van der Waals surface area contributed by atoms with E-state index in [1.165, 1.54) is 25.9 Å². The van der Waals surface area contributed by atoms with Crippen molar-refractivity contribution < 1.29 is 9.53 Å². The summed E-state index contributed by atoms with van der Waals surface area (Å²) in [6, 6.07) is 0.565. The molecule has 1 unspecified atom stereocenters. The van der Waals surface area contributed by atoms with Crippen molar-refractivity contribution >= 4 is 12.1 Å². The van der Waals surface area contributed by atoms with Gasteiger partial charge < -0.3 is 20.7 Å². The molecule has 1 amide bonds. The lowest BCUT2D eigenvalue weighted by molar-refractivity contribution is 0.0527. The molecular weight excluding hydrogens is 318 g/mol. The lowest BCUT2D eigenvalue weighted by Crippen LogP contribution is -2.46. The summed E-state index contributed by atoms with van der Waals surface area (Å²) in [5.41, 5.74) is -0.459. The highest BCUT2D eigenvalue weighted by atomic mass is 16.6. The number of rotatable bonds is 8. The summed E-state index contributed by atoms with van der Waals surface area (Å²) in [6.07, 6.45) is 4.21. The summed E-state index contributed by atoms with van der Waals surface area (Å²) in [4.78, 5) is 18.4. The molecule has 3 N–H and O–H groups in total. The Morgan fingerprint density at radius 1 is 1.16 bits per heavy atom. The maximum atomic E-state index is 11.6. The van der Waals surface area contributed by atoms with E-state index in [1.807, 2.05) is 20.8 Å². The van der Waals surface area contributed by atoms with Crippen molar-refractivity contribution in [3.05, 3.63) is 0 Å². The van der Waals surface area contributed by atoms with Crippen LogP contribution < -0.4 is 16.0 Å². The van der Waals surface area contributed by atoms with E-state index in [9.17, 15) is 4.79 Å². The first-order valence-corrected chi connectivity index (χ1v) is 9.51. The fourth-order valence-corrected chi connectivity index (χ4v) is 2.87. The molecule has 1 atom stereocenters. The Kier molecular flexibility index (Phi) is 9.63. The van der Waals surface area contributed by atoms with E-state index in [2.05, 4.69) is 32.8 Å². The molecule has 1 saturated heterocycles. The van der Waals surface area contributed by atoms with E-state index in [4.69, 9.17) is 4.74 Å². The number of amides is 1. The van der Waals surface area contributed by atoms with Gasteiger partial charge in [0.05, 0.1) is 0 Å². The Hall–Kier alpha value is -1.50. The predicted molar refractivity (Wildman–Crippen MR) is 103 cm³/mol. The first-order chi connectivity index (χ1) is 11.9. The van der Waals surface area contributed by atoms with Crippen LogP contribution in [0.2, 0.25) is 0 Å². The fraction of sp³-hybridized carbons (Fsp3) is 0.889. The second-order valence-corrected chi connectivity index (χ2v) is 7.47. The Bertz CT molecular complexity index is 414. The monoisotopic (exact) mass is 355 g/mol. The number of aliphatic imine (C=N–C) groups is 1. The van der Waals surface area contributed by atoms with Gasteiger partial charge in [0.15, 0.2) is 5.96 Å². The Morgan fingerprint density at radius 3 is 2.36 bits per heavy atom. The molecule has 0 aliphatic carbocycles. The topological polar surface area (TPSA) is 78.0 Å². The third kappa shape index (κ3) is 9.53. The molecule has 1 rings (SSSR count). The van der Waals surface area contributed by atoms with Crippen LogP contribution >= 0.6 is 0 Å². The molecular formula is C18H37N5O2. The van der Waals surface area contributed by atoms with Crippen LogP contribution in [0.5, 0.6) is 0 Å². The predicted octanol–water partition coefficient (Wildman–Crippen LogP) is 1.94. The number of alkyl carbamates (subject to hydrolysis) is 1. The normalized spacial score (nSPS) is 17.2. The molecule has 0 spiro atoms. The number of carbonyl (C=O) groups excluding carboxylic acids is 1. The highest BCUT2D eigenvalue weighted by Gasteiger charge is 2.20. The second kappa shape index (κ2) is 11.2. The number of nitrogens with one attached hydrogen (secondary N) is 3. The molecule has 0 aromatic heterocycles. The minimum Gasteiger partial charge on any atom is -0.444 e. The van der Waals surface area contributed by atoms with Crippen molar-refractivity contribution in [2.75, 3.05) is 39.8 Å². The van der Waals surface area contributed by atoms with Gasteiger partial charge in [-0.2, -0.15) is 0 Å². The number of likely N-dealkylation sites (tertiary alicyclic amines) is 1. The lowest BCUT2D eigenvalue weighted by atomic mass is 10.2. The van der Waals surface area contributed by atoms with E-state index in [-0.39, 0.29) is 6.09 Å². The van der Waals surface area contributed by atoms with Crippen molar-refractivity contribution in [2.45, 2.75) is 65.0 Å². The van der Waals surface area contributed by atoms with Crippen molar-refractivity contribution in [3.63, 3.8) is 0 Å². The fourth-order valence-electron chi connectivity index (χ4n) is 2.87. The molecule has 7 nitrogen and oxygen atoms in total. The second-order valence-electron chi connectivity index (χ2n) is 7.47. The van der Waals surface area contributed by atoms with Crippen LogP contribution in [-0.2, 0) is 4.74 Å². The number of hydrogen-bond donors (Lipinski definition) is 3. The summed E-state index contributed by atoms with van der Waals surface area (Å²) < 4.78 is 5.20. The number of nitrogens with zero attached hydrogens (tertiary/aromatic N) is 2. The zero-order valence-corrected chi connectivity index (χ0v) is 16.7. The Balaban J connectivity index is 2.16. The molecule has 7 heteroatoms. The van der Waals surface area contributed by atoms with Gasteiger partial charge >= 0.3 is 6.09 Å². The third-order valence-corrected chi connectivity index (χ3v) is 4.17. The summed E-state index contributed by atoms with van der Waals surface area (Å²) in [6.45, 7) is 12.5. The standard InChI is InChI=1S/C18H37N5O2/c1-6-15(23-12-7-8-13-23)14-22-16(19-5)20-10-9-11-21-17(24)25-18(2,3)4/h15H,6-14H2,1-5H3,(H,21,24)(H2,19,20,22). The molecule has 1 aliphatic rings. The summed E-state index contributed by atoms with van der Waals surface area (Å²) >= 11 is 0. The molecule has 0 radical (unpaired) electrons. The SMILES string of the molecule is CCC(CNC(=NC)NCCCNC(=O)OC(C)(C)C)N1CCCC1. The van der Waals surface area contributed by atoms with Crippen molar-refractivity contribution in [2.24, 2.45) is 4.99 Å². The van der Waals surface area contributed by atoms with Gasteiger partial charge in [-0.25, -0.2) is 4.79 Å². The first-order valence-electron chi connectivity index (χ1n) is 9.51. The van der Waals surface area contributed by atoms with Gasteiger partial charge in [0.1, 0.15) is 5.60 Å². The molecule has 1 aliphatic heterocycles. The van der Waals surface area contributed by atoms with Crippen LogP contribution in [-0.4, -0.2) is 68.4 Å². The minimum absolute atomic E-state index is 0.369. The first kappa shape index (κ1) is 21.5. The maximum absolute atomic E-state index is 11.6. The number of carbonyl (C=O) groups is 1. The number of guanidine groups is 1. The van der Waals surface area contributed by atoms with Crippen LogP contribution in [0.25, 0.3) is 0 Å². The van der Waals surface area contributed by atoms with Gasteiger partial charge in [0.2, 0.25) is 0 Å². The summed E-state index contributed by atoms with van der Waals surface area (Å²) in [5, 5.41) is 9.46. The highest BCUT2D eigenvalue weighted by molar-refractivity contribution is 5.79. The molecule has 0 aromatic rings. The van der Waals surface area contributed by atoms with Crippen LogP contribution in [0, 0.1) is 0 Å². The quantitative estimate of drug-likeness (QED) is 0.352. The van der Waals surface area contributed by atoms with Gasteiger partial charge in [-0.3, -0.25) is 9.89 Å². The molecule has 0 bridgehead atoms. The van der Waals surface area contributed by atoms with Crippen molar-refractivity contribution in [1.82, 2.24) is 20.9 Å². The minimum atomic E-state index is -0.459. The van der Waals surface area contributed by atoms with E-state index >= 15 is 0 Å². The molecule has 146 valence electrons. The van der Waals surface area contributed by atoms with Crippen LogP contribution in [0.15, 0.2) is 4.99 Å². The van der Waals surface area contributed by atoms with Gasteiger partial charge in [-0.1, -0.05) is 6.92 Å². The van der Waals surface area contributed by atoms with Gasteiger partial charge in [0.25, 0.3) is 0 Å². The third-order valence-electron chi connectivity index (χ3n) is 4.17. The highest BCUT2D eigenvalue weighted by Crippen LogP contribution is 2.13. The molecule has 0 saturated carbocycles. The van der Waals surface area contributed by atoms with E-state index in [1.54, 1.807) is 7.05 Å². The summed E-state index contributed by atoms with van der Waals surface area (Å²) in [7, 11) is 1.78. The average Bonchev–Trinajstić information content (AvgIpc) is 3.05. The van der Waals surface area contributed by atoms with Crippen LogP contribution in [0.3, 0.4) is 0 Å². The molecule has 1 fully saturated rings. The van der Waals surface area contributed by atoms with E-state index < -0.39 is 5.60 Å². The zero-order chi connectivity index (χ0) is 18.7. The Labute approximate surface area is 153 Å². The zero-order valence-electron chi connectivity index (χ0n) is 16.7. The average molecular weight is 356 g/mol. The van der Waals surface area contributed by atoms with Crippen molar-refractivity contribution in [1.29, 1.82) is 0 Å². The summed E-state index contributed by atoms with van der Waals surface area (Å²) in [5.74, 6) is 0.815. The van der Waals surface area contributed by atoms with Gasteiger partial charge in [-0.15, -0.1) is 0 Å². The van der Waals surface area contributed by atoms with E-state index in [0.717, 1.165) is 31.9 Å². The maximum Gasteiger partial charge on any atom is 0.407 e. The molecule has 1 heterocycles. The van der Waals surface area contributed by atoms with Gasteiger partial charge in [-0.05, 0) is 59.5 Å².